The van der Waals surface area contributed by atoms with Gasteiger partial charge < -0.3 is 15.0 Å². The zero-order valence-corrected chi connectivity index (χ0v) is 17.1. The van der Waals surface area contributed by atoms with E-state index in [-0.39, 0.29) is 17.9 Å². The molecule has 0 bridgehead atoms. The van der Waals surface area contributed by atoms with Crippen LogP contribution in [0.2, 0.25) is 0 Å². The predicted octanol–water partition coefficient (Wildman–Crippen LogP) is 4.87. The van der Waals surface area contributed by atoms with Crippen LogP contribution in [0.1, 0.15) is 49.5 Å². The molecule has 0 saturated carbocycles. The molecule has 1 aliphatic rings. The van der Waals surface area contributed by atoms with E-state index >= 15 is 0 Å². The van der Waals surface area contributed by atoms with E-state index in [1.54, 1.807) is 35.2 Å². The summed E-state index contributed by atoms with van der Waals surface area (Å²) in [5.74, 6) is -0.673. The highest BCUT2D eigenvalue weighted by molar-refractivity contribution is 6.12. The van der Waals surface area contributed by atoms with E-state index < -0.39 is 11.4 Å². The molecular weight excluding hydrogens is 371 g/mol. The minimum Gasteiger partial charge on any atom is -0.444 e. The molecule has 1 saturated heterocycles. The molecular formula is C23H27FN2O3. The van der Waals surface area contributed by atoms with Crippen LogP contribution in [-0.4, -0.2) is 41.5 Å². The molecule has 1 heterocycles. The topological polar surface area (TPSA) is 58.6 Å². The maximum absolute atomic E-state index is 13.8. The molecule has 2 aromatic carbocycles. The number of nitrogens with zero attached hydrogens (tertiary/aromatic N) is 1. The third kappa shape index (κ3) is 5.56. The summed E-state index contributed by atoms with van der Waals surface area (Å²) < 4.78 is 19.3. The summed E-state index contributed by atoms with van der Waals surface area (Å²) in [6.45, 7) is 6.67. The van der Waals surface area contributed by atoms with Gasteiger partial charge in [-0.15, -0.1) is 0 Å². The Morgan fingerprint density at radius 1 is 1.07 bits per heavy atom. The number of halogens is 1. The molecule has 0 aliphatic carbocycles. The van der Waals surface area contributed by atoms with Gasteiger partial charge in [-0.2, -0.15) is 0 Å². The van der Waals surface area contributed by atoms with Crippen LogP contribution < -0.4 is 5.32 Å². The summed E-state index contributed by atoms with van der Waals surface area (Å²) in [6.07, 6.45) is 1.13. The highest BCUT2D eigenvalue weighted by atomic mass is 19.1. The first-order valence-corrected chi connectivity index (χ1v) is 9.87. The fourth-order valence-electron chi connectivity index (χ4n) is 3.33. The Hall–Kier alpha value is -2.89. The fraction of sp³-hybridized carbons (Fsp3) is 0.391. The lowest BCUT2D eigenvalue weighted by Gasteiger charge is -2.34. The van der Waals surface area contributed by atoms with Crippen molar-refractivity contribution in [2.24, 2.45) is 0 Å². The van der Waals surface area contributed by atoms with Crippen molar-refractivity contribution in [3.8, 4) is 0 Å². The van der Waals surface area contributed by atoms with Crippen LogP contribution in [0.4, 0.5) is 14.9 Å². The second kappa shape index (κ2) is 8.64. The summed E-state index contributed by atoms with van der Waals surface area (Å²) in [5, 5.41) is 3.37. The van der Waals surface area contributed by atoms with Gasteiger partial charge in [0.05, 0.1) is 0 Å². The number of benzene rings is 2. The molecule has 2 aromatic rings. The molecule has 29 heavy (non-hydrogen) atoms. The first-order chi connectivity index (χ1) is 13.7. The van der Waals surface area contributed by atoms with Gasteiger partial charge in [-0.25, -0.2) is 9.18 Å². The first-order valence-electron chi connectivity index (χ1n) is 9.87. The van der Waals surface area contributed by atoms with Crippen molar-refractivity contribution in [2.75, 3.05) is 18.4 Å². The smallest absolute Gasteiger partial charge is 0.410 e. The van der Waals surface area contributed by atoms with Crippen LogP contribution in [0.15, 0.2) is 48.5 Å². The highest BCUT2D eigenvalue weighted by Gasteiger charge is 2.27. The van der Waals surface area contributed by atoms with E-state index in [2.05, 4.69) is 5.32 Å². The molecule has 1 aliphatic heterocycles. The summed E-state index contributed by atoms with van der Waals surface area (Å²) >= 11 is 0. The van der Waals surface area contributed by atoms with E-state index in [1.165, 1.54) is 12.1 Å². The zero-order chi connectivity index (χ0) is 21.0. The Labute approximate surface area is 170 Å². The van der Waals surface area contributed by atoms with E-state index in [0.29, 0.717) is 29.9 Å². The van der Waals surface area contributed by atoms with Crippen LogP contribution in [0.3, 0.4) is 0 Å². The second-order valence-corrected chi connectivity index (χ2v) is 8.27. The number of nitrogens with one attached hydrogen (secondary N) is 1. The third-order valence-electron chi connectivity index (χ3n) is 4.77. The number of carbonyl (C=O) groups excluding carboxylic acids is 2. The van der Waals surface area contributed by atoms with E-state index in [0.717, 1.165) is 12.8 Å². The Morgan fingerprint density at radius 3 is 2.34 bits per heavy atom. The Balaban J connectivity index is 1.67. The van der Waals surface area contributed by atoms with Gasteiger partial charge in [0.2, 0.25) is 0 Å². The highest BCUT2D eigenvalue weighted by Crippen LogP contribution is 2.24. The molecule has 1 amide bonds. The van der Waals surface area contributed by atoms with Gasteiger partial charge in [0.1, 0.15) is 11.4 Å². The maximum atomic E-state index is 13.8. The molecule has 6 heteroatoms. The molecule has 0 aromatic heterocycles. The Kier molecular flexibility index (Phi) is 6.20. The lowest BCUT2D eigenvalue weighted by atomic mass is 9.99. The summed E-state index contributed by atoms with van der Waals surface area (Å²) in [5.41, 5.74) is 0.912. The number of rotatable bonds is 4. The largest absolute Gasteiger partial charge is 0.444 e. The molecule has 1 fully saturated rings. The summed E-state index contributed by atoms with van der Waals surface area (Å²) in [6, 6.07) is 13.1. The van der Waals surface area contributed by atoms with Gasteiger partial charge in [-0.1, -0.05) is 30.3 Å². The molecule has 0 radical (unpaired) electrons. The number of carbonyl (C=O) groups is 2. The van der Waals surface area contributed by atoms with Crippen molar-refractivity contribution in [1.82, 2.24) is 4.90 Å². The maximum Gasteiger partial charge on any atom is 0.410 e. The summed E-state index contributed by atoms with van der Waals surface area (Å²) in [7, 11) is 0. The van der Waals surface area contributed by atoms with Gasteiger partial charge in [0.15, 0.2) is 5.78 Å². The Bertz CT molecular complexity index is 869. The number of anilines is 1. The molecule has 5 nitrogen and oxygen atoms in total. The molecule has 3 rings (SSSR count). The van der Waals surface area contributed by atoms with Gasteiger partial charge >= 0.3 is 6.09 Å². The standard InChI is InChI=1S/C23H27FN2O3/c1-23(2,3)29-22(28)26-13-11-18(12-14-26)25-20-10-9-17(24)15-19(20)21(27)16-7-5-4-6-8-16/h4-10,15,18,25H,11-14H2,1-3H3. The van der Waals surface area contributed by atoms with Crippen LogP contribution in [0.25, 0.3) is 0 Å². The monoisotopic (exact) mass is 398 g/mol. The molecule has 1 N–H and O–H groups in total. The van der Waals surface area contributed by atoms with Crippen molar-refractivity contribution >= 4 is 17.6 Å². The number of hydrogen-bond acceptors (Lipinski definition) is 4. The number of piperidine rings is 1. The predicted molar refractivity (Wildman–Crippen MR) is 111 cm³/mol. The van der Waals surface area contributed by atoms with Gasteiger partial charge in [-0.05, 0) is 51.8 Å². The molecule has 0 unspecified atom stereocenters. The lowest BCUT2D eigenvalue weighted by molar-refractivity contribution is 0.0210. The Morgan fingerprint density at radius 2 is 1.72 bits per heavy atom. The number of amides is 1. The molecule has 0 spiro atoms. The number of ether oxygens (including phenoxy) is 1. The zero-order valence-electron chi connectivity index (χ0n) is 17.1. The number of hydrogen-bond donors (Lipinski definition) is 1. The van der Waals surface area contributed by atoms with Crippen molar-refractivity contribution in [2.45, 2.75) is 45.3 Å². The SMILES string of the molecule is CC(C)(C)OC(=O)N1CCC(Nc2ccc(F)cc2C(=O)c2ccccc2)CC1. The second-order valence-electron chi connectivity index (χ2n) is 8.27. The van der Waals surface area contributed by atoms with Crippen molar-refractivity contribution < 1.29 is 18.7 Å². The average molecular weight is 398 g/mol. The molecule has 0 atom stereocenters. The van der Waals surface area contributed by atoms with Crippen LogP contribution >= 0.6 is 0 Å². The normalized spacial score (nSPS) is 15.1. The average Bonchev–Trinajstić information content (AvgIpc) is 2.68. The minimum atomic E-state index is -0.521. The van der Waals surface area contributed by atoms with Crippen LogP contribution in [0, 0.1) is 5.82 Å². The summed E-state index contributed by atoms with van der Waals surface area (Å²) in [4.78, 5) is 26.8. The molecule has 154 valence electrons. The lowest BCUT2D eigenvalue weighted by Crippen LogP contribution is -2.44. The van der Waals surface area contributed by atoms with Gasteiger partial charge in [0.25, 0.3) is 0 Å². The first kappa shape index (κ1) is 20.8. The van der Waals surface area contributed by atoms with Gasteiger partial charge in [0, 0.05) is 35.9 Å². The van der Waals surface area contributed by atoms with Crippen molar-refractivity contribution in [1.29, 1.82) is 0 Å². The van der Waals surface area contributed by atoms with E-state index in [9.17, 15) is 14.0 Å². The van der Waals surface area contributed by atoms with Crippen molar-refractivity contribution in [3.05, 3.63) is 65.5 Å². The fourth-order valence-corrected chi connectivity index (χ4v) is 3.33. The number of likely N-dealkylation sites (tertiary alicyclic amines) is 1. The third-order valence-corrected chi connectivity index (χ3v) is 4.77. The van der Waals surface area contributed by atoms with E-state index in [4.69, 9.17) is 4.74 Å². The quantitative estimate of drug-likeness (QED) is 0.747. The van der Waals surface area contributed by atoms with Gasteiger partial charge in [-0.3, -0.25) is 4.79 Å². The van der Waals surface area contributed by atoms with Crippen LogP contribution in [-0.2, 0) is 4.74 Å². The van der Waals surface area contributed by atoms with Crippen LogP contribution in [0.5, 0.6) is 0 Å². The minimum absolute atomic E-state index is 0.0847. The number of ketones is 1. The van der Waals surface area contributed by atoms with Crippen molar-refractivity contribution in [3.63, 3.8) is 0 Å². The van der Waals surface area contributed by atoms with E-state index in [1.807, 2.05) is 26.8 Å².